The summed E-state index contributed by atoms with van der Waals surface area (Å²) in [4.78, 5) is 0.713. The second kappa shape index (κ2) is 6.72. The summed E-state index contributed by atoms with van der Waals surface area (Å²) in [6.45, 7) is 1.70. The van der Waals surface area contributed by atoms with Crippen LogP contribution in [0.5, 0.6) is 0 Å². The number of thioether (sulfide) groups is 1. The molecule has 0 bridgehead atoms. The van der Waals surface area contributed by atoms with Crippen LogP contribution in [-0.2, 0) is 0 Å². The lowest BCUT2D eigenvalue weighted by Gasteiger charge is -2.14. The average Bonchev–Trinajstić information content (AvgIpc) is 2.33. The zero-order valence-electron chi connectivity index (χ0n) is 10.2. The number of rotatable bonds is 6. The van der Waals surface area contributed by atoms with Gasteiger partial charge in [0.05, 0.1) is 6.07 Å². The second-order valence-corrected chi connectivity index (χ2v) is 5.58. The lowest BCUT2D eigenvalue weighted by atomic mass is 9.99. The van der Waals surface area contributed by atoms with Gasteiger partial charge in [-0.05, 0) is 50.1 Å². The molecule has 1 aromatic rings. The Morgan fingerprint density at radius 3 is 2.67 bits per heavy atom. The Labute approximate surface area is 110 Å². The molecule has 0 aliphatic rings. The zero-order valence-corrected chi connectivity index (χ0v) is 11.1. The lowest BCUT2D eigenvalue weighted by molar-refractivity contribution is 0.506. The number of hydrogen-bond donors (Lipinski definition) is 1. The highest BCUT2D eigenvalue weighted by molar-refractivity contribution is 7.99. The molecule has 18 heavy (non-hydrogen) atoms. The Morgan fingerprint density at radius 1 is 1.33 bits per heavy atom. The Balaban J connectivity index is 2.26. The van der Waals surface area contributed by atoms with E-state index in [0.717, 1.165) is 24.7 Å². The maximum atomic E-state index is 12.9. The van der Waals surface area contributed by atoms with Crippen molar-refractivity contribution in [3.05, 3.63) is 29.8 Å². The molecule has 2 nitrogen and oxygen atoms in total. The van der Waals surface area contributed by atoms with Crippen LogP contribution in [0.4, 0.5) is 8.78 Å². The monoisotopic (exact) mass is 270 g/mol. The van der Waals surface area contributed by atoms with E-state index in [0.29, 0.717) is 11.3 Å². The molecule has 0 spiro atoms. The zero-order chi connectivity index (χ0) is 13.6. The number of unbranched alkanes of at least 4 members (excludes halogenated alkanes) is 1. The molecule has 0 saturated heterocycles. The molecule has 0 fully saturated rings. The minimum absolute atomic E-state index is 0.641. The molecule has 1 atom stereocenters. The summed E-state index contributed by atoms with van der Waals surface area (Å²) in [5.74, 6) is -0.849. The molecule has 0 amide bonds. The fourth-order valence-electron chi connectivity index (χ4n) is 1.41. The van der Waals surface area contributed by atoms with E-state index >= 15 is 0 Å². The smallest absolute Gasteiger partial charge is 0.159 e. The van der Waals surface area contributed by atoms with Gasteiger partial charge >= 0.3 is 0 Å². The number of nitrogens with two attached hydrogens (primary N) is 1. The quantitative estimate of drug-likeness (QED) is 0.636. The molecule has 1 unspecified atom stereocenters. The predicted molar refractivity (Wildman–Crippen MR) is 69.1 cm³/mol. The molecule has 2 N–H and O–H groups in total. The Kier molecular flexibility index (Phi) is 5.57. The lowest BCUT2D eigenvalue weighted by Crippen LogP contribution is -2.33. The number of nitrogens with zero attached hydrogens (tertiary/aromatic N) is 1. The molecule has 0 saturated carbocycles. The predicted octanol–water partition coefficient (Wildman–Crippen LogP) is 3.47. The van der Waals surface area contributed by atoms with Crippen LogP contribution < -0.4 is 5.73 Å². The third-order valence-corrected chi connectivity index (χ3v) is 3.59. The van der Waals surface area contributed by atoms with Crippen LogP contribution >= 0.6 is 11.8 Å². The maximum absolute atomic E-state index is 12.9. The van der Waals surface area contributed by atoms with Crippen molar-refractivity contribution in [2.75, 3.05) is 5.75 Å². The van der Waals surface area contributed by atoms with Gasteiger partial charge in [-0.1, -0.05) is 0 Å². The van der Waals surface area contributed by atoms with E-state index in [2.05, 4.69) is 0 Å². The topological polar surface area (TPSA) is 49.8 Å². The van der Waals surface area contributed by atoms with Crippen LogP contribution in [0.2, 0.25) is 0 Å². The van der Waals surface area contributed by atoms with E-state index in [1.165, 1.54) is 17.8 Å². The van der Waals surface area contributed by atoms with E-state index in [4.69, 9.17) is 11.0 Å². The van der Waals surface area contributed by atoms with E-state index in [1.807, 2.05) is 6.07 Å². The fourth-order valence-corrected chi connectivity index (χ4v) is 2.34. The third kappa shape index (κ3) is 5.03. The highest BCUT2D eigenvalue weighted by atomic mass is 32.2. The van der Waals surface area contributed by atoms with Crippen molar-refractivity contribution < 1.29 is 8.78 Å². The van der Waals surface area contributed by atoms with Crippen LogP contribution in [-0.4, -0.2) is 11.3 Å². The molecule has 5 heteroatoms. The van der Waals surface area contributed by atoms with E-state index < -0.39 is 17.2 Å². The van der Waals surface area contributed by atoms with Gasteiger partial charge in [0.15, 0.2) is 11.6 Å². The first-order valence-corrected chi connectivity index (χ1v) is 6.71. The van der Waals surface area contributed by atoms with Crippen LogP contribution in [0.15, 0.2) is 23.1 Å². The van der Waals surface area contributed by atoms with Gasteiger partial charge in [0.2, 0.25) is 0 Å². The van der Waals surface area contributed by atoms with Crippen molar-refractivity contribution >= 4 is 11.8 Å². The van der Waals surface area contributed by atoms with Crippen molar-refractivity contribution in [2.24, 2.45) is 5.73 Å². The minimum Gasteiger partial charge on any atom is -0.314 e. The molecule has 1 aromatic carbocycles. The number of nitriles is 1. The fraction of sp³-hybridized carbons (Fsp3) is 0.462. The summed E-state index contributed by atoms with van der Waals surface area (Å²) in [5, 5.41) is 8.73. The summed E-state index contributed by atoms with van der Waals surface area (Å²) >= 11 is 1.47. The highest BCUT2D eigenvalue weighted by Gasteiger charge is 2.15. The first-order chi connectivity index (χ1) is 8.44. The molecule has 0 aliphatic heterocycles. The van der Waals surface area contributed by atoms with Crippen molar-refractivity contribution in [1.82, 2.24) is 0 Å². The van der Waals surface area contributed by atoms with Crippen LogP contribution in [0.25, 0.3) is 0 Å². The molecule has 98 valence electrons. The SMILES string of the molecule is CC(N)(C#N)CCCCSc1ccc(F)c(F)c1. The molecule has 0 radical (unpaired) electrons. The van der Waals surface area contributed by atoms with Crippen molar-refractivity contribution in [2.45, 2.75) is 36.6 Å². The summed E-state index contributed by atoms with van der Waals surface area (Å²) < 4.78 is 25.6. The average molecular weight is 270 g/mol. The molecule has 0 heterocycles. The van der Waals surface area contributed by atoms with Crippen LogP contribution in [0.3, 0.4) is 0 Å². The van der Waals surface area contributed by atoms with Gasteiger partial charge in [0, 0.05) is 4.90 Å². The first kappa shape index (κ1) is 14.9. The highest BCUT2D eigenvalue weighted by Crippen LogP contribution is 2.22. The Morgan fingerprint density at radius 2 is 2.06 bits per heavy atom. The normalized spacial score (nSPS) is 13.9. The summed E-state index contributed by atoms with van der Waals surface area (Å²) in [5.41, 5.74) is 4.92. The minimum atomic E-state index is -0.827. The first-order valence-electron chi connectivity index (χ1n) is 5.72. The van der Waals surface area contributed by atoms with Gasteiger partial charge in [-0.3, -0.25) is 0 Å². The van der Waals surface area contributed by atoms with Crippen LogP contribution in [0.1, 0.15) is 26.2 Å². The van der Waals surface area contributed by atoms with Crippen molar-refractivity contribution in [1.29, 1.82) is 5.26 Å². The van der Waals surface area contributed by atoms with Gasteiger partial charge in [-0.25, -0.2) is 8.78 Å². The molecular formula is C13H16F2N2S. The number of benzene rings is 1. The van der Waals surface area contributed by atoms with E-state index in [9.17, 15) is 8.78 Å². The number of halogens is 2. The largest absolute Gasteiger partial charge is 0.314 e. The van der Waals surface area contributed by atoms with E-state index in [-0.39, 0.29) is 0 Å². The molecule has 0 aromatic heterocycles. The summed E-state index contributed by atoms with van der Waals surface area (Å²) in [6, 6.07) is 5.93. The van der Waals surface area contributed by atoms with Gasteiger partial charge in [0.25, 0.3) is 0 Å². The van der Waals surface area contributed by atoms with Crippen molar-refractivity contribution in [3.8, 4) is 6.07 Å². The number of hydrogen-bond acceptors (Lipinski definition) is 3. The standard InChI is InChI=1S/C13H16F2N2S/c1-13(17,9-16)6-2-3-7-18-10-4-5-11(14)12(15)8-10/h4-5,8H,2-3,6-7,17H2,1H3. The molecule has 0 aliphatic carbocycles. The van der Waals surface area contributed by atoms with Gasteiger partial charge < -0.3 is 5.73 Å². The summed E-state index contributed by atoms with van der Waals surface area (Å²) in [6.07, 6.45) is 2.37. The van der Waals surface area contributed by atoms with Gasteiger partial charge in [0.1, 0.15) is 5.54 Å². The molecular weight excluding hydrogens is 254 g/mol. The maximum Gasteiger partial charge on any atom is 0.159 e. The Hall–Kier alpha value is -1.12. The van der Waals surface area contributed by atoms with Crippen LogP contribution in [0, 0.1) is 23.0 Å². The van der Waals surface area contributed by atoms with Crippen molar-refractivity contribution in [3.63, 3.8) is 0 Å². The molecule has 1 rings (SSSR count). The van der Waals surface area contributed by atoms with E-state index in [1.54, 1.807) is 13.0 Å². The van der Waals surface area contributed by atoms with Gasteiger partial charge in [-0.2, -0.15) is 5.26 Å². The second-order valence-electron chi connectivity index (χ2n) is 4.41. The van der Waals surface area contributed by atoms with Gasteiger partial charge in [-0.15, -0.1) is 11.8 Å². The third-order valence-electron chi connectivity index (χ3n) is 2.51. The summed E-state index contributed by atoms with van der Waals surface area (Å²) in [7, 11) is 0. The Bertz CT molecular complexity index is 441.